The molecule has 0 bridgehead atoms. The number of ether oxygens (including phenoxy) is 1. The van der Waals surface area contributed by atoms with E-state index in [0.29, 0.717) is 17.0 Å². The zero-order valence-corrected chi connectivity index (χ0v) is 13.0. The van der Waals surface area contributed by atoms with Gasteiger partial charge in [-0.2, -0.15) is 13.2 Å². The minimum Gasteiger partial charge on any atom is -0.497 e. The summed E-state index contributed by atoms with van der Waals surface area (Å²) in [6.07, 6.45) is -4.44. The molecule has 0 atom stereocenters. The molecule has 0 aliphatic carbocycles. The van der Waals surface area contributed by atoms with Crippen LogP contribution >= 0.6 is 0 Å². The average Bonchev–Trinajstić information content (AvgIpc) is 2.54. The molecule has 0 fully saturated rings. The summed E-state index contributed by atoms with van der Waals surface area (Å²) in [6, 6.07) is 11.3. The number of halogens is 3. The van der Waals surface area contributed by atoms with Gasteiger partial charge in [-0.1, -0.05) is 12.6 Å². The summed E-state index contributed by atoms with van der Waals surface area (Å²) in [5, 5.41) is 2.74. The van der Waals surface area contributed by atoms with Gasteiger partial charge in [0.15, 0.2) is 5.78 Å². The summed E-state index contributed by atoms with van der Waals surface area (Å²) in [4.78, 5) is 12.1. The Labute approximate surface area is 137 Å². The quantitative estimate of drug-likeness (QED) is 0.762. The van der Waals surface area contributed by atoms with Crippen LogP contribution in [0.1, 0.15) is 22.3 Å². The lowest BCUT2D eigenvalue weighted by Gasteiger charge is -2.12. The second-order valence-electron chi connectivity index (χ2n) is 5.14. The van der Waals surface area contributed by atoms with E-state index in [2.05, 4.69) is 11.9 Å². The van der Waals surface area contributed by atoms with Gasteiger partial charge in [-0.15, -0.1) is 0 Å². The van der Waals surface area contributed by atoms with Crippen LogP contribution in [0, 0.1) is 0 Å². The zero-order chi connectivity index (χ0) is 17.7. The van der Waals surface area contributed by atoms with Gasteiger partial charge in [-0.05, 0) is 42.5 Å². The predicted octanol–water partition coefficient (Wildman–Crippen LogP) is 4.91. The molecule has 0 aliphatic heterocycles. The number of anilines is 1. The number of Topliss-reactive ketones (excluding diaryl/α,β-unsaturated/α-hetero) is 1. The van der Waals surface area contributed by atoms with Crippen molar-refractivity contribution in [3.8, 4) is 5.75 Å². The average molecular weight is 335 g/mol. The summed E-state index contributed by atoms with van der Waals surface area (Å²) in [5.41, 5.74) is 0.261. The molecule has 0 saturated heterocycles. The van der Waals surface area contributed by atoms with E-state index >= 15 is 0 Å². The van der Waals surface area contributed by atoms with Crippen LogP contribution < -0.4 is 10.1 Å². The maximum absolute atomic E-state index is 12.7. The minimum absolute atomic E-state index is 0.0252. The van der Waals surface area contributed by atoms with Crippen LogP contribution in [0.5, 0.6) is 5.75 Å². The number of hydrogen-bond donors (Lipinski definition) is 1. The standard InChI is InChI=1S/C18H16F3NO2/c1-12(10-17(23)13-6-8-16(24-2)9-7-13)22-15-5-3-4-14(11-15)18(19,20)21/h3-9,11,22H,1,10H2,2H3. The van der Waals surface area contributed by atoms with Crippen molar-refractivity contribution in [2.45, 2.75) is 12.6 Å². The Bertz CT molecular complexity index is 737. The highest BCUT2D eigenvalue weighted by molar-refractivity contribution is 5.97. The third kappa shape index (κ3) is 4.62. The van der Waals surface area contributed by atoms with E-state index < -0.39 is 11.7 Å². The van der Waals surface area contributed by atoms with Crippen LogP contribution in [0.2, 0.25) is 0 Å². The lowest BCUT2D eigenvalue weighted by atomic mass is 10.1. The number of rotatable bonds is 6. The maximum atomic E-state index is 12.7. The Balaban J connectivity index is 2.01. The van der Waals surface area contributed by atoms with Crippen LogP contribution in [0.4, 0.5) is 18.9 Å². The molecule has 0 amide bonds. The number of carbonyl (C=O) groups is 1. The Morgan fingerprint density at radius 2 is 1.83 bits per heavy atom. The van der Waals surface area contributed by atoms with Gasteiger partial charge >= 0.3 is 6.18 Å². The fourth-order valence-electron chi connectivity index (χ4n) is 2.09. The lowest BCUT2D eigenvalue weighted by Crippen LogP contribution is -2.08. The molecule has 24 heavy (non-hydrogen) atoms. The number of ketones is 1. The molecule has 0 saturated carbocycles. The van der Waals surface area contributed by atoms with Crippen LogP contribution in [-0.4, -0.2) is 12.9 Å². The van der Waals surface area contributed by atoms with Gasteiger partial charge in [-0.3, -0.25) is 4.79 Å². The monoisotopic (exact) mass is 335 g/mol. The Morgan fingerprint density at radius 3 is 2.42 bits per heavy atom. The number of nitrogens with one attached hydrogen (secondary N) is 1. The van der Waals surface area contributed by atoms with Crippen LogP contribution in [0.3, 0.4) is 0 Å². The Morgan fingerprint density at radius 1 is 1.17 bits per heavy atom. The van der Waals surface area contributed by atoms with Gasteiger partial charge in [0.25, 0.3) is 0 Å². The van der Waals surface area contributed by atoms with Crippen molar-refractivity contribution in [1.29, 1.82) is 0 Å². The normalized spacial score (nSPS) is 11.0. The molecule has 6 heteroatoms. The van der Waals surface area contributed by atoms with Crippen LogP contribution in [0.25, 0.3) is 0 Å². The van der Waals surface area contributed by atoms with Crippen LogP contribution in [0.15, 0.2) is 60.8 Å². The van der Waals surface area contributed by atoms with Crippen molar-refractivity contribution in [1.82, 2.24) is 0 Å². The molecule has 3 nitrogen and oxygen atoms in total. The van der Waals surface area contributed by atoms with E-state index in [1.165, 1.54) is 19.2 Å². The van der Waals surface area contributed by atoms with Crippen molar-refractivity contribution >= 4 is 11.5 Å². The van der Waals surface area contributed by atoms with E-state index in [-0.39, 0.29) is 17.9 Å². The van der Waals surface area contributed by atoms with Gasteiger partial charge in [0.1, 0.15) is 5.75 Å². The molecular weight excluding hydrogens is 319 g/mol. The van der Waals surface area contributed by atoms with Crippen molar-refractivity contribution in [2.24, 2.45) is 0 Å². The summed E-state index contributed by atoms with van der Waals surface area (Å²) >= 11 is 0. The SMILES string of the molecule is C=C(CC(=O)c1ccc(OC)cc1)Nc1cccc(C(F)(F)F)c1. The molecule has 0 spiro atoms. The second kappa shape index (κ2) is 7.21. The fourth-order valence-corrected chi connectivity index (χ4v) is 2.09. The molecular formula is C18H16F3NO2. The molecule has 2 aromatic carbocycles. The van der Waals surface area contributed by atoms with Gasteiger partial charge < -0.3 is 10.1 Å². The number of hydrogen-bond acceptors (Lipinski definition) is 3. The van der Waals surface area contributed by atoms with E-state index in [0.717, 1.165) is 12.1 Å². The molecule has 0 aromatic heterocycles. The summed E-state index contributed by atoms with van der Waals surface area (Å²) in [7, 11) is 1.53. The third-order valence-electron chi connectivity index (χ3n) is 3.30. The first-order valence-electron chi connectivity index (χ1n) is 7.09. The molecule has 1 N–H and O–H groups in total. The topological polar surface area (TPSA) is 38.3 Å². The van der Waals surface area contributed by atoms with Gasteiger partial charge in [-0.25, -0.2) is 0 Å². The highest BCUT2D eigenvalue weighted by atomic mass is 19.4. The fraction of sp³-hybridized carbons (Fsp3) is 0.167. The van der Waals surface area contributed by atoms with E-state index in [9.17, 15) is 18.0 Å². The first-order chi connectivity index (χ1) is 11.3. The van der Waals surface area contributed by atoms with Crippen molar-refractivity contribution in [2.75, 3.05) is 12.4 Å². The lowest BCUT2D eigenvalue weighted by molar-refractivity contribution is -0.137. The third-order valence-corrected chi connectivity index (χ3v) is 3.30. The molecule has 2 rings (SSSR count). The molecule has 0 unspecified atom stereocenters. The number of benzene rings is 2. The van der Waals surface area contributed by atoms with Crippen molar-refractivity contribution in [3.05, 3.63) is 71.9 Å². The predicted molar refractivity (Wildman–Crippen MR) is 86.1 cm³/mol. The maximum Gasteiger partial charge on any atom is 0.416 e. The molecule has 0 radical (unpaired) electrons. The van der Waals surface area contributed by atoms with Gasteiger partial charge in [0.2, 0.25) is 0 Å². The van der Waals surface area contributed by atoms with E-state index in [1.807, 2.05) is 0 Å². The zero-order valence-electron chi connectivity index (χ0n) is 13.0. The van der Waals surface area contributed by atoms with E-state index in [4.69, 9.17) is 4.74 Å². The number of alkyl halides is 3. The van der Waals surface area contributed by atoms with E-state index in [1.54, 1.807) is 24.3 Å². The molecule has 0 aliphatic rings. The highest BCUT2D eigenvalue weighted by Crippen LogP contribution is 2.31. The first-order valence-corrected chi connectivity index (χ1v) is 7.09. The van der Waals surface area contributed by atoms with Gasteiger partial charge in [0.05, 0.1) is 19.1 Å². The molecule has 0 heterocycles. The van der Waals surface area contributed by atoms with Crippen LogP contribution in [-0.2, 0) is 6.18 Å². The first kappa shape index (κ1) is 17.6. The van der Waals surface area contributed by atoms with Crippen molar-refractivity contribution < 1.29 is 22.7 Å². The van der Waals surface area contributed by atoms with Crippen molar-refractivity contribution in [3.63, 3.8) is 0 Å². The number of methoxy groups -OCH3 is 1. The minimum atomic E-state index is -4.42. The Kier molecular flexibility index (Phi) is 5.28. The molecule has 126 valence electrons. The number of allylic oxidation sites excluding steroid dienone is 1. The highest BCUT2D eigenvalue weighted by Gasteiger charge is 2.30. The number of carbonyl (C=O) groups excluding carboxylic acids is 1. The second-order valence-corrected chi connectivity index (χ2v) is 5.14. The molecule has 2 aromatic rings. The summed E-state index contributed by atoms with van der Waals surface area (Å²) in [5.74, 6) is 0.439. The summed E-state index contributed by atoms with van der Waals surface area (Å²) < 4.78 is 43.1. The Hall–Kier alpha value is -2.76. The smallest absolute Gasteiger partial charge is 0.416 e. The summed E-state index contributed by atoms with van der Waals surface area (Å²) in [6.45, 7) is 3.70. The largest absolute Gasteiger partial charge is 0.497 e. The van der Waals surface area contributed by atoms with Gasteiger partial charge in [0, 0.05) is 16.9 Å².